The molecule has 0 aliphatic rings. The van der Waals surface area contributed by atoms with Gasteiger partial charge in [-0.25, -0.2) is 0 Å². The number of carbonyl (C=O) groups excluding carboxylic acids is 1. The van der Waals surface area contributed by atoms with Crippen LogP contribution < -0.4 is 5.32 Å². The summed E-state index contributed by atoms with van der Waals surface area (Å²) in [6, 6.07) is 7.79. The lowest BCUT2D eigenvalue weighted by molar-refractivity contribution is -0.114. The molecule has 4 heteroatoms. The summed E-state index contributed by atoms with van der Waals surface area (Å²) in [5, 5.41) is 11.4. The topological polar surface area (TPSA) is 49.3 Å². The number of benzene rings is 1. The first kappa shape index (κ1) is 13.1. The normalized spacial score (nSPS) is 10.1. The van der Waals surface area contributed by atoms with Crippen molar-refractivity contribution in [3.63, 3.8) is 0 Å². The van der Waals surface area contributed by atoms with Crippen molar-refractivity contribution < 1.29 is 9.90 Å². The van der Waals surface area contributed by atoms with Crippen molar-refractivity contribution in [1.29, 1.82) is 0 Å². The molecule has 1 aromatic rings. The van der Waals surface area contributed by atoms with Crippen LogP contribution in [0.5, 0.6) is 0 Å². The van der Waals surface area contributed by atoms with E-state index in [2.05, 4.69) is 5.32 Å². The third-order valence-corrected chi connectivity index (χ3v) is 3.09. The minimum Gasteiger partial charge on any atom is -0.396 e. The standard InChI is InChI=1S/C12H17NO2S/c1-10(15)13-11-4-6-12(7-5-11)16-9-3-2-8-14/h4-7,14H,2-3,8-9H2,1H3,(H,13,15). The molecular formula is C12H17NO2S. The van der Waals surface area contributed by atoms with Gasteiger partial charge in [-0.15, -0.1) is 11.8 Å². The van der Waals surface area contributed by atoms with Gasteiger partial charge < -0.3 is 10.4 Å². The van der Waals surface area contributed by atoms with Crippen LogP contribution in [0.1, 0.15) is 19.8 Å². The van der Waals surface area contributed by atoms with Gasteiger partial charge >= 0.3 is 0 Å². The van der Waals surface area contributed by atoms with Crippen LogP contribution in [0, 0.1) is 0 Å². The summed E-state index contributed by atoms with van der Waals surface area (Å²) in [7, 11) is 0. The molecule has 0 aliphatic carbocycles. The molecule has 0 atom stereocenters. The molecule has 0 fully saturated rings. The molecule has 0 radical (unpaired) electrons. The average molecular weight is 239 g/mol. The highest BCUT2D eigenvalue weighted by Crippen LogP contribution is 2.21. The Hall–Kier alpha value is -1.00. The molecule has 0 bridgehead atoms. The van der Waals surface area contributed by atoms with Gasteiger partial charge in [0.05, 0.1) is 0 Å². The highest BCUT2D eigenvalue weighted by Gasteiger charge is 1.97. The zero-order chi connectivity index (χ0) is 11.8. The molecular weight excluding hydrogens is 222 g/mol. The van der Waals surface area contributed by atoms with Crippen molar-refractivity contribution in [1.82, 2.24) is 0 Å². The Morgan fingerprint density at radius 3 is 2.56 bits per heavy atom. The number of rotatable bonds is 6. The van der Waals surface area contributed by atoms with E-state index in [0.717, 1.165) is 24.3 Å². The van der Waals surface area contributed by atoms with E-state index in [1.165, 1.54) is 11.8 Å². The zero-order valence-electron chi connectivity index (χ0n) is 9.40. The number of aliphatic hydroxyl groups excluding tert-OH is 1. The number of aliphatic hydroxyl groups is 1. The summed E-state index contributed by atoms with van der Waals surface area (Å²) in [5.74, 6) is 0.961. The number of hydrogen-bond acceptors (Lipinski definition) is 3. The van der Waals surface area contributed by atoms with Gasteiger partial charge in [0.2, 0.25) is 5.91 Å². The molecule has 0 spiro atoms. The van der Waals surface area contributed by atoms with Crippen LogP contribution >= 0.6 is 11.8 Å². The number of hydrogen-bond donors (Lipinski definition) is 2. The minimum absolute atomic E-state index is 0.0525. The molecule has 2 N–H and O–H groups in total. The Morgan fingerprint density at radius 1 is 1.31 bits per heavy atom. The lowest BCUT2D eigenvalue weighted by atomic mass is 10.3. The Balaban J connectivity index is 2.36. The molecule has 1 rings (SSSR count). The summed E-state index contributed by atoms with van der Waals surface area (Å²) in [5.41, 5.74) is 0.826. The first-order valence-electron chi connectivity index (χ1n) is 5.33. The smallest absolute Gasteiger partial charge is 0.221 e. The fourth-order valence-electron chi connectivity index (χ4n) is 1.24. The van der Waals surface area contributed by atoms with Gasteiger partial charge in [-0.3, -0.25) is 4.79 Å². The SMILES string of the molecule is CC(=O)Nc1ccc(SCCCCO)cc1. The summed E-state index contributed by atoms with van der Waals surface area (Å²) in [4.78, 5) is 12.0. The number of anilines is 1. The first-order chi connectivity index (χ1) is 7.72. The lowest BCUT2D eigenvalue weighted by Gasteiger charge is -2.04. The van der Waals surface area contributed by atoms with Gasteiger partial charge in [-0.1, -0.05) is 0 Å². The van der Waals surface area contributed by atoms with E-state index >= 15 is 0 Å². The maximum Gasteiger partial charge on any atom is 0.221 e. The zero-order valence-corrected chi connectivity index (χ0v) is 10.2. The van der Waals surface area contributed by atoms with Gasteiger partial charge in [-0.2, -0.15) is 0 Å². The van der Waals surface area contributed by atoms with E-state index in [0.29, 0.717) is 0 Å². The molecule has 0 unspecified atom stereocenters. The van der Waals surface area contributed by atoms with Crippen molar-refractivity contribution in [3.05, 3.63) is 24.3 Å². The van der Waals surface area contributed by atoms with Crippen molar-refractivity contribution in [3.8, 4) is 0 Å². The quantitative estimate of drug-likeness (QED) is 0.592. The van der Waals surface area contributed by atoms with Crippen molar-refractivity contribution >= 4 is 23.4 Å². The van der Waals surface area contributed by atoms with E-state index in [4.69, 9.17) is 5.11 Å². The number of unbranched alkanes of at least 4 members (excludes halogenated alkanes) is 1. The van der Waals surface area contributed by atoms with Crippen LogP contribution in [0.3, 0.4) is 0 Å². The van der Waals surface area contributed by atoms with Gasteiger partial charge in [0, 0.05) is 24.1 Å². The molecule has 0 saturated heterocycles. The second kappa shape index (κ2) is 7.30. The van der Waals surface area contributed by atoms with Crippen LogP contribution in [0.2, 0.25) is 0 Å². The van der Waals surface area contributed by atoms with E-state index in [1.807, 2.05) is 24.3 Å². The molecule has 0 heterocycles. The van der Waals surface area contributed by atoms with E-state index in [1.54, 1.807) is 11.8 Å². The summed E-state index contributed by atoms with van der Waals surface area (Å²) in [6.45, 7) is 1.76. The Kier molecular flexibility index (Phi) is 5.96. The molecule has 0 saturated carbocycles. The van der Waals surface area contributed by atoms with Gasteiger partial charge in [0.25, 0.3) is 0 Å². The Bertz CT molecular complexity index is 324. The average Bonchev–Trinajstić information content (AvgIpc) is 2.26. The molecule has 3 nitrogen and oxygen atoms in total. The highest BCUT2D eigenvalue weighted by atomic mass is 32.2. The van der Waals surface area contributed by atoms with E-state index in [9.17, 15) is 4.79 Å². The van der Waals surface area contributed by atoms with Crippen LogP contribution in [-0.2, 0) is 4.79 Å². The fourth-order valence-corrected chi connectivity index (χ4v) is 2.15. The molecule has 88 valence electrons. The second-order valence-corrected chi connectivity index (χ2v) is 4.65. The number of carbonyl (C=O) groups is 1. The summed E-state index contributed by atoms with van der Waals surface area (Å²) >= 11 is 1.76. The number of nitrogens with one attached hydrogen (secondary N) is 1. The number of thioether (sulfide) groups is 1. The van der Waals surface area contributed by atoms with Gasteiger partial charge in [0.1, 0.15) is 0 Å². The third kappa shape index (κ3) is 5.19. The second-order valence-electron chi connectivity index (χ2n) is 3.48. The fraction of sp³-hybridized carbons (Fsp3) is 0.417. The van der Waals surface area contributed by atoms with Crippen LogP contribution in [0.15, 0.2) is 29.2 Å². The highest BCUT2D eigenvalue weighted by molar-refractivity contribution is 7.99. The van der Waals surface area contributed by atoms with Crippen LogP contribution in [-0.4, -0.2) is 23.4 Å². The molecule has 0 aromatic heterocycles. The van der Waals surface area contributed by atoms with E-state index < -0.39 is 0 Å². The molecule has 0 aliphatic heterocycles. The predicted molar refractivity (Wildman–Crippen MR) is 67.8 cm³/mol. The van der Waals surface area contributed by atoms with Crippen molar-refractivity contribution in [2.24, 2.45) is 0 Å². The molecule has 16 heavy (non-hydrogen) atoms. The maximum atomic E-state index is 10.8. The van der Waals surface area contributed by atoms with Crippen molar-refractivity contribution in [2.75, 3.05) is 17.7 Å². The Labute approximate surface area is 100 Å². The lowest BCUT2D eigenvalue weighted by Crippen LogP contribution is -2.05. The summed E-state index contributed by atoms with van der Waals surface area (Å²) < 4.78 is 0. The molecule has 1 aromatic carbocycles. The summed E-state index contributed by atoms with van der Waals surface area (Å²) in [6.07, 6.45) is 1.88. The third-order valence-electron chi connectivity index (χ3n) is 2.00. The maximum absolute atomic E-state index is 10.8. The van der Waals surface area contributed by atoms with Crippen molar-refractivity contribution in [2.45, 2.75) is 24.7 Å². The number of amides is 1. The minimum atomic E-state index is -0.0525. The van der Waals surface area contributed by atoms with Crippen LogP contribution in [0.4, 0.5) is 5.69 Å². The van der Waals surface area contributed by atoms with Crippen LogP contribution in [0.25, 0.3) is 0 Å². The van der Waals surface area contributed by atoms with E-state index in [-0.39, 0.29) is 12.5 Å². The van der Waals surface area contributed by atoms with Gasteiger partial charge in [-0.05, 0) is 42.9 Å². The largest absolute Gasteiger partial charge is 0.396 e. The predicted octanol–water partition coefficient (Wildman–Crippen LogP) is 2.51. The van der Waals surface area contributed by atoms with Gasteiger partial charge in [0.15, 0.2) is 0 Å². The Morgan fingerprint density at radius 2 is 2.00 bits per heavy atom. The molecule has 1 amide bonds. The first-order valence-corrected chi connectivity index (χ1v) is 6.32. The monoisotopic (exact) mass is 239 g/mol.